The molecular weight excluding hydrogens is 523 g/mol. The Balaban J connectivity index is 1.25. The third-order valence-corrected chi connectivity index (χ3v) is 9.24. The number of carbonyl (C=O) groups excluding carboxylic acids is 3. The Morgan fingerprint density at radius 3 is 2.51 bits per heavy atom. The molecule has 216 valence electrons. The van der Waals surface area contributed by atoms with Crippen LogP contribution in [0, 0.1) is 11.8 Å². The number of halogens is 1. The Morgan fingerprint density at radius 2 is 1.80 bits per heavy atom. The molecule has 1 aromatic heterocycles. The minimum atomic E-state index is -0.789. The van der Waals surface area contributed by atoms with Crippen molar-refractivity contribution in [3.8, 4) is 0 Å². The summed E-state index contributed by atoms with van der Waals surface area (Å²) in [6.07, 6.45) is 3.46. The number of aromatic nitrogens is 1. The van der Waals surface area contributed by atoms with Gasteiger partial charge >= 0.3 is 5.97 Å². The van der Waals surface area contributed by atoms with Gasteiger partial charge in [0.25, 0.3) is 0 Å². The largest absolute Gasteiger partial charge is 0.434 e. The van der Waals surface area contributed by atoms with Crippen molar-refractivity contribution < 1.29 is 23.5 Å². The van der Waals surface area contributed by atoms with E-state index in [-0.39, 0.29) is 35.5 Å². The fraction of sp³-hybridized carbons (Fsp3) is 0.469. The third-order valence-electron chi connectivity index (χ3n) is 9.24. The van der Waals surface area contributed by atoms with Gasteiger partial charge in [-0.15, -0.1) is 0 Å². The number of carbonyl (C=O) groups is 3. The second-order valence-electron chi connectivity index (χ2n) is 12.2. The highest BCUT2D eigenvalue weighted by Crippen LogP contribution is 2.39. The number of alkyl halides is 1. The minimum absolute atomic E-state index is 0.00379. The molecule has 9 heteroatoms. The number of nitrogens with two attached hydrogens (primary N) is 1. The van der Waals surface area contributed by atoms with Crippen molar-refractivity contribution in [1.82, 2.24) is 9.47 Å². The molecule has 6 rings (SSSR count). The van der Waals surface area contributed by atoms with Crippen molar-refractivity contribution >= 4 is 34.4 Å². The van der Waals surface area contributed by atoms with Crippen LogP contribution in [-0.4, -0.2) is 52.6 Å². The van der Waals surface area contributed by atoms with Gasteiger partial charge in [0, 0.05) is 35.5 Å². The van der Waals surface area contributed by atoms with Crippen molar-refractivity contribution in [2.24, 2.45) is 17.6 Å². The molecule has 1 saturated carbocycles. The molecule has 1 saturated heterocycles. The van der Waals surface area contributed by atoms with Crippen molar-refractivity contribution in [2.75, 3.05) is 18.5 Å². The zero-order valence-electron chi connectivity index (χ0n) is 23.5. The third kappa shape index (κ3) is 4.90. The Labute approximate surface area is 239 Å². The van der Waals surface area contributed by atoms with E-state index < -0.39 is 24.5 Å². The maximum Gasteiger partial charge on any atom is 0.357 e. The lowest BCUT2D eigenvalue weighted by Gasteiger charge is -2.35. The number of nitrogens with zero attached hydrogens (tertiary/aromatic N) is 2. The molecule has 0 unspecified atom stereocenters. The Morgan fingerprint density at radius 1 is 1.07 bits per heavy atom. The second kappa shape index (κ2) is 10.6. The second-order valence-corrected chi connectivity index (χ2v) is 12.2. The topological polar surface area (TPSA) is 107 Å². The SMILES string of the molecule is CC1(C)OC(=O)c2cc3cc(NC(=O)[C@@H]4[C@@H](c5ccccc5)CCN4C(=O)[C@H]4CC[C@H]([C@H](N)CF)CC4)ccc3n21. The predicted molar refractivity (Wildman–Crippen MR) is 154 cm³/mol. The molecule has 0 spiro atoms. The number of anilines is 1. The van der Waals surface area contributed by atoms with Crippen molar-refractivity contribution in [3.63, 3.8) is 0 Å². The molecule has 2 aliphatic heterocycles. The zero-order valence-corrected chi connectivity index (χ0v) is 23.5. The van der Waals surface area contributed by atoms with Crippen LogP contribution in [0.2, 0.25) is 0 Å². The van der Waals surface area contributed by atoms with Gasteiger partial charge < -0.3 is 20.7 Å². The summed E-state index contributed by atoms with van der Waals surface area (Å²) in [6, 6.07) is 16.1. The van der Waals surface area contributed by atoms with E-state index in [0.29, 0.717) is 37.2 Å². The Hall–Kier alpha value is -3.72. The predicted octanol–water partition coefficient (Wildman–Crippen LogP) is 4.93. The van der Waals surface area contributed by atoms with Crippen molar-refractivity contribution in [2.45, 2.75) is 69.7 Å². The van der Waals surface area contributed by atoms with Gasteiger partial charge in [0.15, 0.2) is 5.72 Å². The van der Waals surface area contributed by atoms with Crippen LogP contribution >= 0.6 is 0 Å². The fourth-order valence-corrected chi connectivity index (χ4v) is 7.13. The summed E-state index contributed by atoms with van der Waals surface area (Å²) in [6.45, 7) is 3.64. The van der Waals surface area contributed by atoms with E-state index in [1.165, 1.54) is 0 Å². The lowest BCUT2D eigenvalue weighted by atomic mass is 9.78. The summed E-state index contributed by atoms with van der Waals surface area (Å²) in [5.74, 6) is -0.833. The first-order chi connectivity index (χ1) is 19.7. The Bertz CT molecular complexity index is 1480. The number of likely N-dealkylation sites (tertiary alicyclic amines) is 1. The highest BCUT2D eigenvalue weighted by Gasteiger charge is 2.45. The van der Waals surface area contributed by atoms with Gasteiger partial charge in [0.05, 0.1) is 5.52 Å². The van der Waals surface area contributed by atoms with Crippen LogP contribution in [0.3, 0.4) is 0 Å². The number of fused-ring (bicyclic) bond motifs is 3. The van der Waals surface area contributed by atoms with E-state index in [2.05, 4.69) is 5.32 Å². The highest BCUT2D eigenvalue weighted by molar-refractivity contribution is 6.02. The lowest BCUT2D eigenvalue weighted by Crippen LogP contribution is -2.48. The van der Waals surface area contributed by atoms with E-state index in [9.17, 15) is 18.8 Å². The summed E-state index contributed by atoms with van der Waals surface area (Å²) >= 11 is 0. The van der Waals surface area contributed by atoms with Crippen LogP contribution in [0.5, 0.6) is 0 Å². The molecule has 3 N–H and O–H groups in total. The molecule has 2 amide bonds. The number of amides is 2. The normalized spacial score (nSPS) is 26.0. The average molecular weight is 561 g/mol. The lowest BCUT2D eigenvalue weighted by molar-refractivity contribution is -0.141. The molecule has 2 fully saturated rings. The molecule has 3 aliphatic rings. The molecule has 8 nitrogen and oxygen atoms in total. The summed E-state index contributed by atoms with van der Waals surface area (Å²) in [5.41, 5.74) is 8.10. The molecule has 0 radical (unpaired) electrons. The van der Waals surface area contributed by atoms with Gasteiger partial charge in [-0.1, -0.05) is 30.3 Å². The van der Waals surface area contributed by atoms with Gasteiger partial charge in [-0.05, 0) is 81.7 Å². The molecule has 0 bridgehead atoms. The van der Waals surface area contributed by atoms with E-state index in [0.717, 1.165) is 29.3 Å². The number of nitrogens with one attached hydrogen (secondary N) is 1. The number of ether oxygens (including phenoxy) is 1. The minimum Gasteiger partial charge on any atom is -0.434 e. The summed E-state index contributed by atoms with van der Waals surface area (Å²) in [4.78, 5) is 41.9. The van der Waals surface area contributed by atoms with Crippen LogP contribution in [0.1, 0.15) is 67.9 Å². The van der Waals surface area contributed by atoms with Crippen LogP contribution in [0.25, 0.3) is 10.9 Å². The summed E-state index contributed by atoms with van der Waals surface area (Å²) in [5, 5.41) is 3.90. The van der Waals surface area contributed by atoms with Crippen LogP contribution in [0.15, 0.2) is 54.6 Å². The van der Waals surface area contributed by atoms with Gasteiger partial charge in [-0.3, -0.25) is 14.2 Å². The monoisotopic (exact) mass is 560 g/mol. The first-order valence-corrected chi connectivity index (χ1v) is 14.5. The number of hydrogen-bond donors (Lipinski definition) is 2. The van der Waals surface area contributed by atoms with Crippen molar-refractivity contribution in [3.05, 3.63) is 65.9 Å². The van der Waals surface area contributed by atoms with Gasteiger partial charge in [-0.2, -0.15) is 0 Å². The first-order valence-electron chi connectivity index (χ1n) is 14.5. The van der Waals surface area contributed by atoms with E-state index >= 15 is 0 Å². The molecule has 41 heavy (non-hydrogen) atoms. The average Bonchev–Trinajstić information content (AvgIpc) is 3.65. The molecule has 3 atom stereocenters. The van der Waals surface area contributed by atoms with Crippen molar-refractivity contribution in [1.29, 1.82) is 0 Å². The quantitative estimate of drug-likeness (QED) is 0.416. The molecule has 1 aliphatic carbocycles. The maximum absolute atomic E-state index is 14.0. The summed E-state index contributed by atoms with van der Waals surface area (Å²) < 4.78 is 20.5. The zero-order chi connectivity index (χ0) is 28.9. The highest BCUT2D eigenvalue weighted by atomic mass is 19.1. The standard InChI is InChI=1S/C32H37FN4O4/c1-32(2)37-26-13-12-23(16-22(26)17-27(37)31(40)41-32)35-29(38)28-24(19-6-4-3-5-7-19)14-15-36(28)30(39)21-10-8-20(9-11-21)25(34)18-33/h3-7,12-13,16-17,20-21,24-25,28H,8-11,14-15,18,34H2,1-2H3,(H,35,38)/t20-,21-,24-,25-,28+/m1/s1. The molecule has 3 heterocycles. The van der Waals surface area contributed by atoms with E-state index in [4.69, 9.17) is 10.5 Å². The number of benzene rings is 2. The van der Waals surface area contributed by atoms with E-state index in [1.54, 1.807) is 11.0 Å². The molecular formula is C32H37FN4O4. The molecule has 2 aromatic carbocycles. The van der Waals surface area contributed by atoms with Gasteiger partial charge in [-0.25, -0.2) is 9.18 Å². The van der Waals surface area contributed by atoms with Gasteiger partial charge in [0.2, 0.25) is 11.8 Å². The number of cyclic esters (lactones) is 1. The summed E-state index contributed by atoms with van der Waals surface area (Å²) in [7, 11) is 0. The van der Waals surface area contributed by atoms with Gasteiger partial charge in [0.1, 0.15) is 18.4 Å². The van der Waals surface area contributed by atoms with Crippen LogP contribution in [0.4, 0.5) is 10.1 Å². The molecule has 3 aromatic rings. The fourth-order valence-electron chi connectivity index (χ4n) is 7.13. The number of rotatable bonds is 6. The van der Waals surface area contributed by atoms with Crippen LogP contribution < -0.4 is 11.1 Å². The number of esters is 1. The van der Waals surface area contributed by atoms with E-state index in [1.807, 2.05) is 66.9 Å². The smallest absolute Gasteiger partial charge is 0.357 e. The maximum atomic E-state index is 14.0. The first kappa shape index (κ1) is 27.4. The number of hydrogen-bond acceptors (Lipinski definition) is 5. The van der Waals surface area contributed by atoms with Crippen LogP contribution in [-0.2, 0) is 20.1 Å². The Kier molecular flexibility index (Phi) is 7.09.